The molecule has 1 aromatic rings. The normalized spacial score (nSPS) is 15.8. The maximum atomic E-state index is 12.6. The number of aliphatic carboxylic acids is 1. The lowest BCUT2D eigenvalue weighted by molar-refractivity contribution is -0.384. The SMILES string of the molecule is CC(NC(=O)c1cccc([N+](=O)[O-])c1)C(=O)N(C1CC1)C(C)C(=O)O. The van der Waals surface area contributed by atoms with Gasteiger partial charge in [0.25, 0.3) is 11.6 Å². The van der Waals surface area contributed by atoms with Crippen LogP contribution in [0.1, 0.15) is 37.0 Å². The Kier molecular flexibility index (Phi) is 5.35. The second-order valence-corrected chi connectivity index (χ2v) is 5.99. The smallest absolute Gasteiger partial charge is 0.326 e. The number of carboxylic acids is 1. The van der Waals surface area contributed by atoms with E-state index in [9.17, 15) is 24.5 Å². The summed E-state index contributed by atoms with van der Waals surface area (Å²) in [6, 6.07) is 3.09. The van der Waals surface area contributed by atoms with E-state index in [4.69, 9.17) is 5.11 Å². The Balaban J connectivity index is 2.09. The Bertz CT molecular complexity index is 716. The quantitative estimate of drug-likeness (QED) is 0.561. The van der Waals surface area contributed by atoms with Gasteiger partial charge in [0.1, 0.15) is 12.1 Å². The lowest BCUT2D eigenvalue weighted by Crippen LogP contribution is -2.52. The van der Waals surface area contributed by atoms with Gasteiger partial charge in [-0.25, -0.2) is 4.79 Å². The minimum Gasteiger partial charge on any atom is -0.480 e. The molecule has 0 heterocycles. The molecule has 1 aliphatic carbocycles. The first-order chi connectivity index (χ1) is 11.7. The van der Waals surface area contributed by atoms with Gasteiger partial charge in [-0.3, -0.25) is 19.7 Å². The Morgan fingerprint density at radius 2 is 1.96 bits per heavy atom. The van der Waals surface area contributed by atoms with E-state index >= 15 is 0 Å². The zero-order chi connectivity index (χ0) is 18.7. The highest BCUT2D eigenvalue weighted by Crippen LogP contribution is 2.29. The van der Waals surface area contributed by atoms with Crippen molar-refractivity contribution in [1.29, 1.82) is 0 Å². The van der Waals surface area contributed by atoms with Gasteiger partial charge in [0.05, 0.1) is 4.92 Å². The number of nitro groups is 1. The molecule has 1 saturated carbocycles. The first-order valence-corrected chi connectivity index (χ1v) is 7.82. The second-order valence-electron chi connectivity index (χ2n) is 5.99. The van der Waals surface area contributed by atoms with Crippen LogP contribution < -0.4 is 5.32 Å². The summed E-state index contributed by atoms with van der Waals surface area (Å²) >= 11 is 0. The molecule has 0 bridgehead atoms. The first-order valence-electron chi connectivity index (χ1n) is 7.82. The van der Waals surface area contributed by atoms with Crippen molar-refractivity contribution in [2.45, 2.75) is 44.8 Å². The van der Waals surface area contributed by atoms with Crippen molar-refractivity contribution in [3.05, 3.63) is 39.9 Å². The van der Waals surface area contributed by atoms with Crippen molar-refractivity contribution < 1.29 is 24.4 Å². The number of benzene rings is 1. The Morgan fingerprint density at radius 1 is 1.32 bits per heavy atom. The molecule has 134 valence electrons. The summed E-state index contributed by atoms with van der Waals surface area (Å²) in [6.45, 7) is 2.88. The van der Waals surface area contributed by atoms with Gasteiger partial charge in [-0.2, -0.15) is 0 Å². The van der Waals surface area contributed by atoms with E-state index in [-0.39, 0.29) is 17.3 Å². The van der Waals surface area contributed by atoms with E-state index in [0.29, 0.717) is 0 Å². The number of carbonyl (C=O) groups is 3. The summed E-state index contributed by atoms with van der Waals surface area (Å²) in [4.78, 5) is 47.4. The highest BCUT2D eigenvalue weighted by Gasteiger charge is 2.40. The fraction of sp³-hybridized carbons (Fsp3) is 0.438. The average Bonchev–Trinajstić information content (AvgIpc) is 3.39. The molecule has 1 aromatic carbocycles. The summed E-state index contributed by atoms with van der Waals surface area (Å²) < 4.78 is 0. The lowest BCUT2D eigenvalue weighted by atomic mass is 10.1. The van der Waals surface area contributed by atoms with Crippen LogP contribution in [0.3, 0.4) is 0 Å². The monoisotopic (exact) mass is 349 g/mol. The zero-order valence-electron chi connectivity index (χ0n) is 13.8. The molecule has 0 saturated heterocycles. The van der Waals surface area contributed by atoms with Crippen molar-refractivity contribution in [3.63, 3.8) is 0 Å². The van der Waals surface area contributed by atoms with Gasteiger partial charge in [0.2, 0.25) is 5.91 Å². The second kappa shape index (κ2) is 7.29. The average molecular weight is 349 g/mol. The number of non-ortho nitro benzene ring substituents is 1. The first kappa shape index (κ1) is 18.4. The summed E-state index contributed by atoms with van der Waals surface area (Å²) in [6.07, 6.45) is 1.46. The molecular weight excluding hydrogens is 330 g/mol. The number of nitrogens with zero attached hydrogens (tertiary/aromatic N) is 2. The van der Waals surface area contributed by atoms with Gasteiger partial charge in [-0.1, -0.05) is 6.07 Å². The van der Waals surface area contributed by atoms with Crippen LogP contribution in [0, 0.1) is 10.1 Å². The fourth-order valence-electron chi connectivity index (χ4n) is 2.48. The van der Waals surface area contributed by atoms with Crippen LogP contribution in [0.25, 0.3) is 0 Å². The van der Waals surface area contributed by atoms with Crippen LogP contribution in [0.2, 0.25) is 0 Å². The predicted molar refractivity (Wildman–Crippen MR) is 87.0 cm³/mol. The van der Waals surface area contributed by atoms with E-state index in [1.807, 2.05) is 0 Å². The molecule has 2 atom stereocenters. The maximum absolute atomic E-state index is 12.6. The molecule has 0 aliphatic heterocycles. The maximum Gasteiger partial charge on any atom is 0.326 e. The molecule has 2 amide bonds. The van der Waals surface area contributed by atoms with E-state index in [2.05, 4.69) is 5.32 Å². The van der Waals surface area contributed by atoms with E-state index in [0.717, 1.165) is 18.9 Å². The van der Waals surface area contributed by atoms with Gasteiger partial charge in [-0.15, -0.1) is 0 Å². The van der Waals surface area contributed by atoms with Crippen LogP contribution in [-0.2, 0) is 9.59 Å². The van der Waals surface area contributed by atoms with Crippen molar-refractivity contribution in [1.82, 2.24) is 10.2 Å². The third-order valence-corrected chi connectivity index (χ3v) is 4.01. The minimum absolute atomic E-state index is 0.0538. The Morgan fingerprint density at radius 3 is 2.48 bits per heavy atom. The van der Waals surface area contributed by atoms with Gasteiger partial charge >= 0.3 is 5.97 Å². The number of nitro benzene ring substituents is 1. The summed E-state index contributed by atoms with van der Waals surface area (Å²) in [7, 11) is 0. The van der Waals surface area contributed by atoms with Crippen LogP contribution in [-0.4, -0.2) is 50.8 Å². The molecule has 9 nitrogen and oxygen atoms in total. The summed E-state index contributed by atoms with van der Waals surface area (Å²) in [5.74, 6) is -2.24. The number of carbonyl (C=O) groups excluding carboxylic acids is 2. The standard InChI is InChI=1S/C16H19N3O6/c1-9(15(21)18(12-6-7-12)10(2)16(22)23)17-14(20)11-4-3-5-13(8-11)19(24)25/h3-5,8-10,12H,6-7H2,1-2H3,(H,17,20)(H,22,23). The topological polar surface area (TPSA) is 130 Å². The molecule has 2 unspecified atom stereocenters. The van der Waals surface area contributed by atoms with Crippen LogP contribution >= 0.6 is 0 Å². The predicted octanol–water partition coefficient (Wildman–Crippen LogP) is 1.18. The highest BCUT2D eigenvalue weighted by molar-refractivity contribution is 5.98. The van der Waals surface area contributed by atoms with Crippen LogP contribution in [0.4, 0.5) is 5.69 Å². The van der Waals surface area contributed by atoms with Crippen molar-refractivity contribution in [2.75, 3.05) is 0 Å². The van der Waals surface area contributed by atoms with Crippen LogP contribution in [0.5, 0.6) is 0 Å². The molecule has 2 rings (SSSR count). The number of hydrogen-bond acceptors (Lipinski definition) is 5. The molecule has 25 heavy (non-hydrogen) atoms. The fourth-order valence-corrected chi connectivity index (χ4v) is 2.48. The molecule has 9 heteroatoms. The van der Waals surface area contributed by atoms with Gasteiger partial charge in [0, 0.05) is 23.7 Å². The van der Waals surface area contributed by atoms with E-state index < -0.39 is 34.8 Å². The largest absolute Gasteiger partial charge is 0.480 e. The lowest BCUT2D eigenvalue weighted by Gasteiger charge is -2.29. The number of rotatable bonds is 7. The number of nitrogens with one attached hydrogen (secondary N) is 1. The summed E-state index contributed by atoms with van der Waals surface area (Å²) in [5.41, 5.74) is -0.177. The van der Waals surface area contributed by atoms with Crippen LogP contribution in [0.15, 0.2) is 24.3 Å². The number of amides is 2. The van der Waals surface area contributed by atoms with Crippen molar-refractivity contribution >= 4 is 23.5 Å². The van der Waals surface area contributed by atoms with Gasteiger partial charge < -0.3 is 15.3 Å². The molecule has 0 aromatic heterocycles. The third kappa shape index (κ3) is 4.31. The van der Waals surface area contributed by atoms with E-state index in [1.165, 1.54) is 36.9 Å². The van der Waals surface area contributed by atoms with Crippen molar-refractivity contribution in [2.24, 2.45) is 0 Å². The minimum atomic E-state index is -1.11. The molecule has 0 spiro atoms. The number of carboxylic acid groups (broad SMARTS) is 1. The third-order valence-electron chi connectivity index (χ3n) is 4.01. The van der Waals surface area contributed by atoms with Gasteiger partial charge in [-0.05, 0) is 32.8 Å². The van der Waals surface area contributed by atoms with E-state index in [1.54, 1.807) is 0 Å². The highest BCUT2D eigenvalue weighted by atomic mass is 16.6. The molecule has 0 radical (unpaired) electrons. The Hall–Kier alpha value is -2.97. The Labute approximate surface area is 143 Å². The molecule has 1 aliphatic rings. The van der Waals surface area contributed by atoms with Gasteiger partial charge in [0.15, 0.2) is 0 Å². The van der Waals surface area contributed by atoms with Crippen molar-refractivity contribution in [3.8, 4) is 0 Å². The number of hydrogen-bond donors (Lipinski definition) is 2. The zero-order valence-corrected chi connectivity index (χ0v) is 13.8. The molecule has 2 N–H and O–H groups in total. The summed E-state index contributed by atoms with van der Waals surface area (Å²) in [5, 5.41) is 22.4. The molecule has 1 fully saturated rings. The molecular formula is C16H19N3O6.